The molecule has 0 aromatic carbocycles. The Morgan fingerprint density at radius 1 is 1.43 bits per heavy atom. The summed E-state index contributed by atoms with van der Waals surface area (Å²) in [6.07, 6.45) is -0.801. The summed E-state index contributed by atoms with van der Waals surface area (Å²) in [5, 5.41) is 9.52. The van der Waals surface area contributed by atoms with Gasteiger partial charge >= 0.3 is 6.18 Å². The van der Waals surface area contributed by atoms with Crippen molar-refractivity contribution in [1.29, 1.82) is 0 Å². The third kappa shape index (κ3) is 2.70. The summed E-state index contributed by atoms with van der Waals surface area (Å²) >= 11 is 0. The van der Waals surface area contributed by atoms with Gasteiger partial charge in [-0.2, -0.15) is 13.2 Å². The highest BCUT2D eigenvalue weighted by atomic mass is 19.4. The minimum absolute atomic E-state index is 0.0988. The van der Waals surface area contributed by atoms with Crippen LogP contribution < -0.4 is 0 Å². The lowest BCUT2D eigenvalue weighted by Crippen LogP contribution is -2.39. The molecule has 5 heteroatoms. The first-order valence-corrected chi connectivity index (χ1v) is 4.00. The van der Waals surface area contributed by atoms with Gasteiger partial charge in [-0.1, -0.05) is 18.2 Å². The Bertz CT molecular complexity index is 291. The molecule has 0 fully saturated rings. The molecule has 0 unspecified atom stereocenters. The maximum Gasteiger partial charge on any atom is 0.396 e. The number of Topliss-reactive ketones (excluding diaryl/α,β-unsaturated/α-hetero) is 1. The van der Waals surface area contributed by atoms with Crippen LogP contribution in [0.25, 0.3) is 0 Å². The van der Waals surface area contributed by atoms with E-state index >= 15 is 0 Å². The van der Waals surface area contributed by atoms with Crippen molar-refractivity contribution >= 4 is 5.78 Å². The summed E-state index contributed by atoms with van der Waals surface area (Å²) in [6, 6.07) is 0. The van der Waals surface area contributed by atoms with Gasteiger partial charge < -0.3 is 5.11 Å². The van der Waals surface area contributed by atoms with Crippen LogP contribution in [0.2, 0.25) is 0 Å². The molecule has 0 bridgehead atoms. The number of allylic oxidation sites excluding steroid dienone is 2. The summed E-state index contributed by atoms with van der Waals surface area (Å²) in [5.41, 5.74) is -1.98. The number of hydrogen-bond acceptors (Lipinski definition) is 2. The average molecular weight is 206 g/mol. The zero-order valence-corrected chi connectivity index (χ0v) is 7.21. The molecule has 0 aromatic heterocycles. The average Bonchev–Trinajstić information content (AvgIpc) is 2.02. The molecule has 0 saturated carbocycles. The standard InChI is InChI=1S/C9H9F3O2/c10-9(11,12)6-7(13)8(14)4-2-1-3-5-8/h1-4,14H,5-6H2/t8-/m0/s1. The normalized spacial score (nSPS) is 26.6. The monoisotopic (exact) mass is 206 g/mol. The fraction of sp³-hybridized carbons (Fsp3) is 0.444. The van der Waals surface area contributed by atoms with Gasteiger partial charge in [-0.05, 0) is 6.08 Å². The quantitative estimate of drug-likeness (QED) is 0.747. The van der Waals surface area contributed by atoms with Crippen molar-refractivity contribution in [2.24, 2.45) is 0 Å². The molecule has 1 N–H and O–H groups in total. The van der Waals surface area contributed by atoms with E-state index in [0.29, 0.717) is 0 Å². The molecular weight excluding hydrogens is 197 g/mol. The van der Waals surface area contributed by atoms with Crippen molar-refractivity contribution in [2.75, 3.05) is 0 Å². The summed E-state index contributed by atoms with van der Waals surface area (Å²) < 4.78 is 35.6. The highest BCUT2D eigenvalue weighted by Crippen LogP contribution is 2.27. The van der Waals surface area contributed by atoms with Gasteiger partial charge in [-0.15, -0.1) is 0 Å². The maximum absolute atomic E-state index is 11.9. The van der Waals surface area contributed by atoms with Gasteiger partial charge in [0.05, 0.1) is 0 Å². The molecule has 1 aliphatic rings. The van der Waals surface area contributed by atoms with Crippen LogP contribution in [0.4, 0.5) is 13.2 Å². The number of ketones is 1. The molecule has 2 nitrogen and oxygen atoms in total. The zero-order valence-electron chi connectivity index (χ0n) is 7.21. The second-order valence-corrected chi connectivity index (χ2v) is 3.13. The molecule has 78 valence electrons. The Kier molecular flexibility index (Phi) is 2.80. The maximum atomic E-state index is 11.9. The van der Waals surface area contributed by atoms with Crippen LogP contribution in [-0.4, -0.2) is 22.7 Å². The highest BCUT2D eigenvalue weighted by Gasteiger charge is 2.40. The largest absolute Gasteiger partial charge is 0.396 e. The third-order valence-electron chi connectivity index (χ3n) is 1.89. The van der Waals surface area contributed by atoms with Crippen molar-refractivity contribution in [1.82, 2.24) is 0 Å². The SMILES string of the molecule is O=C(CC(F)(F)F)[C@]1(O)C=CC=CC1. The number of aliphatic hydroxyl groups is 1. The molecule has 1 atom stereocenters. The Morgan fingerprint density at radius 2 is 2.07 bits per heavy atom. The minimum Gasteiger partial charge on any atom is -0.378 e. The predicted octanol–water partition coefficient (Wildman–Crippen LogP) is 1.76. The first-order valence-electron chi connectivity index (χ1n) is 4.00. The molecule has 1 rings (SSSR count). The van der Waals surface area contributed by atoms with Crippen LogP contribution in [0, 0.1) is 0 Å². The number of rotatable bonds is 2. The van der Waals surface area contributed by atoms with Gasteiger partial charge in [0.2, 0.25) is 0 Å². The van der Waals surface area contributed by atoms with Gasteiger partial charge in [0, 0.05) is 6.42 Å². The van der Waals surface area contributed by atoms with E-state index in [1.54, 1.807) is 6.08 Å². The van der Waals surface area contributed by atoms with E-state index in [-0.39, 0.29) is 6.42 Å². The van der Waals surface area contributed by atoms with E-state index in [1.807, 2.05) is 0 Å². The van der Waals surface area contributed by atoms with Gasteiger partial charge in [-0.3, -0.25) is 4.79 Å². The topological polar surface area (TPSA) is 37.3 Å². The fourth-order valence-corrected chi connectivity index (χ4v) is 1.15. The molecular formula is C9H9F3O2. The first-order chi connectivity index (χ1) is 6.33. The van der Waals surface area contributed by atoms with Crippen LogP contribution in [0.15, 0.2) is 24.3 Å². The molecule has 0 amide bonds. The minimum atomic E-state index is -4.57. The van der Waals surface area contributed by atoms with Gasteiger partial charge in [-0.25, -0.2) is 0 Å². The van der Waals surface area contributed by atoms with Crippen molar-refractivity contribution in [3.63, 3.8) is 0 Å². The summed E-state index contributed by atoms with van der Waals surface area (Å²) in [7, 11) is 0. The fourth-order valence-electron chi connectivity index (χ4n) is 1.15. The van der Waals surface area contributed by atoms with E-state index in [9.17, 15) is 23.1 Å². The van der Waals surface area contributed by atoms with Crippen molar-refractivity contribution in [3.8, 4) is 0 Å². The lowest BCUT2D eigenvalue weighted by atomic mass is 9.89. The Balaban J connectivity index is 2.69. The molecule has 0 heterocycles. The molecule has 0 radical (unpaired) electrons. The van der Waals surface area contributed by atoms with E-state index < -0.39 is 24.0 Å². The van der Waals surface area contributed by atoms with Gasteiger partial charge in [0.25, 0.3) is 0 Å². The molecule has 0 spiro atoms. The van der Waals surface area contributed by atoms with Crippen LogP contribution >= 0.6 is 0 Å². The van der Waals surface area contributed by atoms with Gasteiger partial charge in [0.1, 0.15) is 12.0 Å². The summed E-state index contributed by atoms with van der Waals surface area (Å²) in [6.45, 7) is 0. The van der Waals surface area contributed by atoms with Crippen LogP contribution in [0.1, 0.15) is 12.8 Å². The lowest BCUT2D eigenvalue weighted by Gasteiger charge is -2.23. The zero-order chi connectivity index (χ0) is 10.8. The second-order valence-electron chi connectivity index (χ2n) is 3.13. The number of alkyl halides is 3. The number of halogens is 3. The van der Waals surface area contributed by atoms with Gasteiger partial charge in [0.15, 0.2) is 5.78 Å². The predicted molar refractivity (Wildman–Crippen MR) is 43.5 cm³/mol. The molecule has 0 saturated heterocycles. The molecule has 0 aliphatic heterocycles. The number of hydrogen-bond donors (Lipinski definition) is 1. The number of carbonyl (C=O) groups is 1. The summed E-state index contributed by atoms with van der Waals surface area (Å²) in [4.78, 5) is 11.1. The van der Waals surface area contributed by atoms with E-state index in [4.69, 9.17) is 0 Å². The van der Waals surface area contributed by atoms with Crippen molar-refractivity contribution < 1.29 is 23.1 Å². The Hall–Kier alpha value is -1.10. The van der Waals surface area contributed by atoms with Crippen molar-refractivity contribution in [2.45, 2.75) is 24.6 Å². The van der Waals surface area contributed by atoms with E-state index in [0.717, 1.165) is 6.08 Å². The molecule has 0 aromatic rings. The van der Waals surface area contributed by atoms with Crippen LogP contribution in [-0.2, 0) is 4.79 Å². The second kappa shape index (κ2) is 3.57. The third-order valence-corrected chi connectivity index (χ3v) is 1.89. The Morgan fingerprint density at radius 3 is 2.50 bits per heavy atom. The highest BCUT2D eigenvalue weighted by molar-refractivity contribution is 5.90. The van der Waals surface area contributed by atoms with E-state index in [1.165, 1.54) is 12.2 Å². The lowest BCUT2D eigenvalue weighted by molar-refractivity contribution is -0.162. The van der Waals surface area contributed by atoms with Crippen molar-refractivity contribution in [3.05, 3.63) is 24.3 Å². The first kappa shape index (κ1) is 11.0. The summed E-state index contributed by atoms with van der Waals surface area (Å²) in [5.74, 6) is -1.22. The van der Waals surface area contributed by atoms with E-state index in [2.05, 4.69) is 0 Å². The van der Waals surface area contributed by atoms with Crippen LogP contribution in [0.5, 0.6) is 0 Å². The molecule has 14 heavy (non-hydrogen) atoms. The Labute approximate surface area is 78.7 Å². The smallest absolute Gasteiger partial charge is 0.378 e. The number of carbonyl (C=O) groups excluding carboxylic acids is 1. The molecule has 1 aliphatic carbocycles. The van der Waals surface area contributed by atoms with Crippen LogP contribution in [0.3, 0.4) is 0 Å².